The van der Waals surface area contributed by atoms with E-state index in [-0.39, 0.29) is 35.7 Å². The maximum Gasteiger partial charge on any atom is 0.219 e. The van der Waals surface area contributed by atoms with Crippen LogP contribution in [0.25, 0.3) is 16.6 Å². The number of aromatic amines is 1. The standard InChI is InChI=1S/C31H28F2N6O4/c1-16-7-28(43-30-23(32)3-2-4-24(30)33)35-11-27(16)39-31(34)22(10-36-39)29(41)26-9-21-20-8-18(13-40)38(19-14-42-15-19)12-17(20)5-6-25(21)37-26/h2-7,9-11,18-19,37,40H,8,12-15,34H2,1H3. The Morgan fingerprint density at radius 3 is 2.67 bits per heavy atom. The van der Waals surface area contributed by atoms with Gasteiger partial charge in [-0.1, -0.05) is 12.1 Å². The van der Waals surface area contributed by atoms with Crippen molar-refractivity contribution in [3.63, 3.8) is 0 Å². The van der Waals surface area contributed by atoms with Crippen molar-refractivity contribution in [2.24, 2.45) is 0 Å². The molecule has 10 nitrogen and oxygen atoms in total. The van der Waals surface area contributed by atoms with E-state index in [9.17, 15) is 18.7 Å². The number of ketones is 1. The first-order valence-electron chi connectivity index (χ1n) is 13.9. The summed E-state index contributed by atoms with van der Waals surface area (Å²) in [5.41, 5.74) is 11.2. The largest absolute Gasteiger partial charge is 0.433 e. The van der Waals surface area contributed by atoms with Crippen LogP contribution in [0.3, 0.4) is 0 Å². The topological polar surface area (TPSA) is 132 Å². The van der Waals surface area contributed by atoms with E-state index in [0.29, 0.717) is 49.2 Å². The van der Waals surface area contributed by atoms with Crippen LogP contribution >= 0.6 is 0 Å². The molecule has 3 aromatic heterocycles. The van der Waals surface area contributed by atoms with Crippen molar-refractivity contribution in [1.29, 1.82) is 0 Å². The van der Waals surface area contributed by atoms with Crippen LogP contribution in [-0.4, -0.2) is 67.4 Å². The summed E-state index contributed by atoms with van der Waals surface area (Å²) >= 11 is 0. The number of aryl methyl sites for hydroxylation is 1. The summed E-state index contributed by atoms with van der Waals surface area (Å²) in [6, 6.07) is 11.1. The number of nitrogen functional groups attached to an aromatic ring is 1. The molecule has 1 saturated heterocycles. The molecule has 0 amide bonds. The first-order chi connectivity index (χ1) is 20.8. The first kappa shape index (κ1) is 27.2. The molecule has 7 rings (SSSR count). The summed E-state index contributed by atoms with van der Waals surface area (Å²) in [6.45, 7) is 3.84. The molecule has 0 spiro atoms. The molecule has 43 heavy (non-hydrogen) atoms. The first-order valence-corrected chi connectivity index (χ1v) is 13.9. The number of hydrogen-bond donors (Lipinski definition) is 3. The Hall–Kier alpha value is -4.65. The average molecular weight is 587 g/mol. The molecule has 1 fully saturated rings. The molecule has 0 bridgehead atoms. The lowest BCUT2D eigenvalue weighted by Gasteiger charge is -2.44. The van der Waals surface area contributed by atoms with Gasteiger partial charge < -0.3 is 25.3 Å². The third-order valence-corrected chi connectivity index (χ3v) is 8.28. The van der Waals surface area contributed by atoms with Gasteiger partial charge in [0.2, 0.25) is 17.4 Å². The highest BCUT2D eigenvalue weighted by Gasteiger charge is 2.35. The van der Waals surface area contributed by atoms with Gasteiger partial charge >= 0.3 is 0 Å². The summed E-state index contributed by atoms with van der Waals surface area (Å²) in [5, 5.41) is 15.4. The van der Waals surface area contributed by atoms with Crippen LogP contribution in [0.15, 0.2) is 54.9 Å². The van der Waals surface area contributed by atoms with Crippen molar-refractivity contribution in [2.75, 3.05) is 25.6 Å². The minimum absolute atomic E-state index is 0.0127. The number of pyridine rings is 1. The normalized spacial score (nSPS) is 17.2. The molecular weight excluding hydrogens is 558 g/mol. The van der Waals surface area contributed by atoms with E-state index in [2.05, 4.69) is 26.0 Å². The van der Waals surface area contributed by atoms with Crippen LogP contribution in [0.4, 0.5) is 14.6 Å². The zero-order valence-corrected chi connectivity index (χ0v) is 23.2. The predicted molar refractivity (Wildman–Crippen MR) is 153 cm³/mol. The van der Waals surface area contributed by atoms with Gasteiger partial charge in [-0.2, -0.15) is 5.10 Å². The van der Waals surface area contributed by atoms with E-state index < -0.39 is 17.4 Å². The fourth-order valence-corrected chi connectivity index (χ4v) is 5.87. The van der Waals surface area contributed by atoms with Gasteiger partial charge in [0.15, 0.2) is 11.6 Å². The Kier molecular flexibility index (Phi) is 6.68. The van der Waals surface area contributed by atoms with Crippen LogP contribution in [0.2, 0.25) is 0 Å². The second-order valence-electron chi connectivity index (χ2n) is 10.9. The Bertz CT molecular complexity index is 1860. The van der Waals surface area contributed by atoms with Gasteiger partial charge in [-0.15, -0.1) is 0 Å². The van der Waals surface area contributed by atoms with E-state index in [1.54, 1.807) is 6.92 Å². The Balaban J connectivity index is 1.16. The van der Waals surface area contributed by atoms with Gasteiger partial charge in [-0.05, 0) is 54.3 Å². The number of nitrogens with one attached hydrogen (secondary N) is 1. The Morgan fingerprint density at radius 1 is 1.19 bits per heavy atom. The smallest absolute Gasteiger partial charge is 0.219 e. The number of benzene rings is 2. The number of para-hydroxylation sites is 1. The van der Waals surface area contributed by atoms with Crippen LogP contribution in [0, 0.1) is 18.6 Å². The summed E-state index contributed by atoms with van der Waals surface area (Å²) in [5.74, 6) is -2.47. The summed E-state index contributed by atoms with van der Waals surface area (Å²) in [4.78, 5) is 23.3. The lowest BCUT2D eigenvalue weighted by molar-refractivity contribution is -0.0920. The van der Waals surface area contributed by atoms with Crippen molar-refractivity contribution in [1.82, 2.24) is 24.6 Å². The van der Waals surface area contributed by atoms with Crippen LogP contribution in [0.1, 0.15) is 32.7 Å². The molecule has 0 saturated carbocycles. The molecule has 5 aromatic rings. The maximum absolute atomic E-state index is 14.0. The van der Waals surface area contributed by atoms with Crippen molar-refractivity contribution in [3.05, 3.63) is 94.4 Å². The van der Waals surface area contributed by atoms with Crippen molar-refractivity contribution >= 4 is 22.5 Å². The minimum Gasteiger partial charge on any atom is -0.433 e. The number of aliphatic hydroxyl groups is 1. The third-order valence-electron chi connectivity index (χ3n) is 8.28. The fourth-order valence-electron chi connectivity index (χ4n) is 5.87. The van der Waals surface area contributed by atoms with Gasteiger partial charge in [-0.3, -0.25) is 9.69 Å². The van der Waals surface area contributed by atoms with Gasteiger partial charge in [0.25, 0.3) is 0 Å². The molecule has 2 aliphatic rings. The quantitative estimate of drug-likeness (QED) is 0.244. The third kappa shape index (κ3) is 4.63. The van der Waals surface area contributed by atoms with Gasteiger partial charge in [-0.25, -0.2) is 18.4 Å². The highest BCUT2D eigenvalue weighted by Crippen LogP contribution is 2.34. The number of fused-ring (bicyclic) bond motifs is 3. The lowest BCUT2D eigenvalue weighted by Crippen LogP contribution is -2.56. The van der Waals surface area contributed by atoms with Crippen LogP contribution < -0.4 is 10.5 Å². The number of anilines is 1. The van der Waals surface area contributed by atoms with E-state index >= 15 is 0 Å². The Labute approximate surface area is 244 Å². The number of aliphatic hydroxyl groups excluding tert-OH is 1. The Morgan fingerprint density at radius 2 is 1.98 bits per heavy atom. The van der Waals surface area contributed by atoms with E-state index in [1.165, 1.54) is 34.8 Å². The van der Waals surface area contributed by atoms with Gasteiger partial charge in [0.05, 0.1) is 55.2 Å². The predicted octanol–water partition coefficient (Wildman–Crippen LogP) is 4.06. The minimum atomic E-state index is -0.848. The van der Waals surface area contributed by atoms with E-state index in [0.717, 1.165) is 28.6 Å². The zero-order valence-electron chi connectivity index (χ0n) is 23.2. The number of hydrogen-bond acceptors (Lipinski definition) is 8. The molecule has 4 N–H and O–H groups in total. The summed E-state index contributed by atoms with van der Waals surface area (Å²) in [6.07, 6.45) is 3.48. The number of carbonyl (C=O) groups excluding carboxylic acids is 1. The van der Waals surface area contributed by atoms with Gasteiger partial charge in [0, 0.05) is 29.6 Å². The van der Waals surface area contributed by atoms with Crippen molar-refractivity contribution in [2.45, 2.75) is 32.0 Å². The molecule has 2 aliphatic heterocycles. The maximum atomic E-state index is 14.0. The molecule has 1 unspecified atom stereocenters. The molecule has 220 valence electrons. The van der Waals surface area contributed by atoms with E-state index in [1.807, 2.05) is 12.1 Å². The average Bonchev–Trinajstić information content (AvgIpc) is 3.57. The summed E-state index contributed by atoms with van der Waals surface area (Å²) in [7, 11) is 0. The second-order valence-corrected chi connectivity index (χ2v) is 10.9. The highest BCUT2D eigenvalue weighted by atomic mass is 19.1. The number of ether oxygens (including phenoxy) is 2. The number of nitrogens with two attached hydrogens (primary N) is 1. The molecular formula is C31H28F2N6O4. The monoisotopic (exact) mass is 586 g/mol. The van der Waals surface area contributed by atoms with E-state index in [4.69, 9.17) is 15.2 Å². The van der Waals surface area contributed by atoms with Crippen LogP contribution in [-0.2, 0) is 17.7 Å². The molecule has 12 heteroatoms. The number of H-pyrrole nitrogens is 1. The fraction of sp³-hybridized carbons (Fsp3) is 0.258. The number of nitrogens with zero attached hydrogens (tertiary/aromatic N) is 4. The SMILES string of the molecule is Cc1cc(Oc2c(F)cccc2F)ncc1-n1ncc(C(=O)c2cc3c4c(ccc3[nH]2)CN(C2COC2)C(CO)C4)c1N. The van der Waals surface area contributed by atoms with Gasteiger partial charge in [0.1, 0.15) is 5.82 Å². The number of aromatic nitrogens is 4. The number of halogens is 2. The summed E-state index contributed by atoms with van der Waals surface area (Å²) < 4.78 is 40.2. The zero-order chi connectivity index (χ0) is 29.8. The van der Waals surface area contributed by atoms with Crippen LogP contribution in [0.5, 0.6) is 11.6 Å². The highest BCUT2D eigenvalue weighted by molar-refractivity contribution is 6.12. The molecule has 1 atom stereocenters. The lowest BCUT2D eigenvalue weighted by atomic mass is 9.90. The number of carbonyl (C=O) groups is 1. The second kappa shape index (κ2) is 10.6. The number of rotatable bonds is 7. The molecule has 5 heterocycles. The molecule has 2 aromatic carbocycles. The molecule has 0 radical (unpaired) electrons. The van der Waals surface area contributed by atoms with Crippen molar-refractivity contribution in [3.8, 4) is 17.3 Å². The van der Waals surface area contributed by atoms with Crippen molar-refractivity contribution < 1.29 is 28.2 Å². The molecule has 0 aliphatic carbocycles.